The van der Waals surface area contributed by atoms with Crippen molar-refractivity contribution in [2.75, 3.05) is 20.1 Å². The minimum Gasteiger partial charge on any atom is -0.318 e. The lowest BCUT2D eigenvalue weighted by molar-refractivity contribution is 0.641. The molecule has 0 aliphatic rings. The van der Waals surface area contributed by atoms with Gasteiger partial charge in [0.1, 0.15) is 0 Å². The van der Waals surface area contributed by atoms with E-state index in [0.717, 1.165) is 29.8 Å². The molecule has 1 heterocycles. The fraction of sp³-hybridized carbons (Fsp3) is 0.444. The fourth-order valence-electron chi connectivity index (χ4n) is 0.969. The Hall–Kier alpha value is -0.450. The van der Waals surface area contributed by atoms with Crippen molar-refractivity contribution < 1.29 is 0 Å². The smallest absolute Gasteiger partial charge is 0.0683 e. The molecule has 1 aromatic heterocycles. The third kappa shape index (κ3) is 3.85. The van der Waals surface area contributed by atoms with Crippen LogP contribution < -0.4 is 10.6 Å². The van der Waals surface area contributed by atoms with Gasteiger partial charge in [-0.1, -0.05) is 0 Å². The third-order valence-electron chi connectivity index (χ3n) is 1.68. The van der Waals surface area contributed by atoms with Gasteiger partial charge in [0.05, 0.1) is 5.69 Å². The summed E-state index contributed by atoms with van der Waals surface area (Å²) >= 11 is 3.45. The van der Waals surface area contributed by atoms with Crippen molar-refractivity contribution in [2.24, 2.45) is 0 Å². The van der Waals surface area contributed by atoms with Crippen molar-refractivity contribution in [3.63, 3.8) is 0 Å². The molecule has 3 nitrogen and oxygen atoms in total. The van der Waals surface area contributed by atoms with E-state index in [1.54, 1.807) is 6.20 Å². The minimum absolute atomic E-state index is 0.809. The van der Waals surface area contributed by atoms with Crippen LogP contribution in [-0.2, 0) is 6.54 Å². The van der Waals surface area contributed by atoms with Gasteiger partial charge in [0, 0.05) is 30.3 Å². The molecule has 0 aromatic carbocycles. The summed E-state index contributed by atoms with van der Waals surface area (Å²) in [5.74, 6) is 0. The summed E-state index contributed by atoms with van der Waals surface area (Å²) in [5, 5.41) is 6.36. The molecule has 0 bridgehead atoms. The Morgan fingerprint density at radius 1 is 1.46 bits per heavy atom. The third-order valence-corrected chi connectivity index (χ3v) is 2.40. The maximum absolute atomic E-state index is 4.25. The van der Waals surface area contributed by atoms with Crippen molar-refractivity contribution in [2.45, 2.75) is 6.54 Å². The SMILES string of the molecule is CNCCNCc1ncccc1Br. The first-order chi connectivity index (χ1) is 6.34. The number of nitrogens with zero attached hydrogens (tertiary/aromatic N) is 1. The van der Waals surface area contributed by atoms with Gasteiger partial charge >= 0.3 is 0 Å². The molecule has 0 spiro atoms. The maximum atomic E-state index is 4.25. The number of pyridine rings is 1. The van der Waals surface area contributed by atoms with Gasteiger partial charge in [0.2, 0.25) is 0 Å². The number of halogens is 1. The van der Waals surface area contributed by atoms with Crippen LogP contribution in [0.3, 0.4) is 0 Å². The topological polar surface area (TPSA) is 37.0 Å². The van der Waals surface area contributed by atoms with Gasteiger partial charge in [0.25, 0.3) is 0 Å². The standard InChI is InChI=1S/C9H14BrN3/c1-11-5-6-12-7-9-8(10)3-2-4-13-9/h2-4,11-12H,5-7H2,1H3. The Morgan fingerprint density at radius 3 is 3.00 bits per heavy atom. The van der Waals surface area contributed by atoms with Crippen LogP contribution in [0.25, 0.3) is 0 Å². The average molecular weight is 244 g/mol. The Kier molecular flexibility index (Phi) is 4.97. The second-order valence-corrected chi connectivity index (χ2v) is 3.57. The van der Waals surface area contributed by atoms with Crippen LogP contribution in [0.2, 0.25) is 0 Å². The molecule has 0 aliphatic carbocycles. The molecule has 13 heavy (non-hydrogen) atoms. The summed E-state index contributed by atoms with van der Waals surface area (Å²) in [5.41, 5.74) is 1.05. The number of hydrogen-bond acceptors (Lipinski definition) is 3. The van der Waals surface area contributed by atoms with E-state index in [4.69, 9.17) is 0 Å². The van der Waals surface area contributed by atoms with Gasteiger partial charge in [-0.3, -0.25) is 4.98 Å². The van der Waals surface area contributed by atoms with Gasteiger partial charge < -0.3 is 10.6 Å². The molecule has 0 aliphatic heterocycles. The van der Waals surface area contributed by atoms with Crippen molar-refractivity contribution in [3.8, 4) is 0 Å². The fourth-order valence-corrected chi connectivity index (χ4v) is 1.36. The first kappa shape index (κ1) is 10.6. The quantitative estimate of drug-likeness (QED) is 0.763. The highest BCUT2D eigenvalue weighted by Crippen LogP contribution is 2.12. The van der Waals surface area contributed by atoms with E-state index in [0.29, 0.717) is 0 Å². The van der Waals surface area contributed by atoms with Crippen molar-refractivity contribution >= 4 is 15.9 Å². The Labute approximate surface area is 87.1 Å². The molecule has 0 fully saturated rings. The van der Waals surface area contributed by atoms with E-state index < -0.39 is 0 Å². The summed E-state index contributed by atoms with van der Waals surface area (Å²) in [6.07, 6.45) is 1.81. The molecule has 0 radical (unpaired) electrons. The Balaban J connectivity index is 2.32. The number of hydrogen-bond donors (Lipinski definition) is 2. The molecule has 0 saturated heterocycles. The molecule has 2 N–H and O–H groups in total. The largest absolute Gasteiger partial charge is 0.318 e. The molecule has 1 rings (SSSR count). The molecule has 0 unspecified atom stereocenters. The lowest BCUT2D eigenvalue weighted by atomic mass is 10.3. The zero-order valence-corrected chi connectivity index (χ0v) is 9.26. The molecular weight excluding hydrogens is 230 g/mol. The maximum Gasteiger partial charge on any atom is 0.0683 e. The summed E-state index contributed by atoms with van der Waals surface area (Å²) < 4.78 is 1.06. The molecule has 72 valence electrons. The van der Waals surface area contributed by atoms with Crippen LogP contribution >= 0.6 is 15.9 Å². The second-order valence-electron chi connectivity index (χ2n) is 2.71. The zero-order chi connectivity index (χ0) is 9.52. The van der Waals surface area contributed by atoms with Gasteiger partial charge in [-0.05, 0) is 35.1 Å². The molecule has 0 amide bonds. The van der Waals surface area contributed by atoms with Crippen LogP contribution in [0.15, 0.2) is 22.8 Å². The molecular formula is C9H14BrN3. The van der Waals surface area contributed by atoms with E-state index in [-0.39, 0.29) is 0 Å². The summed E-state index contributed by atoms with van der Waals surface area (Å²) in [6, 6.07) is 3.92. The van der Waals surface area contributed by atoms with Gasteiger partial charge in [0.15, 0.2) is 0 Å². The van der Waals surface area contributed by atoms with Crippen LogP contribution in [0.1, 0.15) is 5.69 Å². The summed E-state index contributed by atoms with van der Waals surface area (Å²) in [7, 11) is 1.94. The van der Waals surface area contributed by atoms with Crippen LogP contribution in [-0.4, -0.2) is 25.1 Å². The van der Waals surface area contributed by atoms with Crippen LogP contribution in [0.5, 0.6) is 0 Å². The first-order valence-electron chi connectivity index (χ1n) is 4.29. The first-order valence-corrected chi connectivity index (χ1v) is 5.08. The number of rotatable bonds is 5. The van der Waals surface area contributed by atoms with Gasteiger partial charge in [-0.15, -0.1) is 0 Å². The van der Waals surface area contributed by atoms with Crippen molar-refractivity contribution in [1.29, 1.82) is 0 Å². The van der Waals surface area contributed by atoms with Gasteiger partial charge in [-0.25, -0.2) is 0 Å². The Morgan fingerprint density at radius 2 is 2.31 bits per heavy atom. The second kappa shape index (κ2) is 6.07. The number of likely N-dealkylation sites (N-methyl/N-ethyl adjacent to an activating group) is 1. The minimum atomic E-state index is 0.809. The highest BCUT2D eigenvalue weighted by Gasteiger charge is 1.97. The molecule has 4 heteroatoms. The molecule has 0 saturated carbocycles. The average Bonchev–Trinajstić information content (AvgIpc) is 2.15. The number of aromatic nitrogens is 1. The van der Waals surface area contributed by atoms with E-state index in [1.807, 2.05) is 19.2 Å². The lowest BCUT2D eigenvalue weighted by Gasteiger charge is -2.04. The zero-order valence-electron chi connectivity index (χ0n) is 7.68. The predicted octanol–water partition coefficient (Wildman–Crippen LogP) is 1.15. The molecule has 0 atom stereocenters. The van der Waals surface area contributed by atoms with E-state index in [2.05, 4.69) is 31.5 Å². The monoisotopic (exact) mass is 243 g/mol. The van der Waals surface area contributed by atoms with E-state index in [9.17, 15) is 0 Å². The highest BCUT2D eigenvalue weighted by atomic mass is 79.9. The normalized spacial score (nSPS) is 10.3. The lowest BCUT2D eigenvalue weighted by Crippen LogP contribution is -2.24. The summed E-state index contributed by atoms with van der Waals surface area (Å²) in [4.78, 5) is 4.25. The van der Waals surface area contributed by atoms with Crippen molar-refractivity contribution in [1.82, 2.24) is 15.6 Å². The van der Waals surface area contributed by atoms with Crippen LogP contribution in [0, 0.1) is 0 Å². The van der Waals surface area contributed by atoms with Crippen LogP contribution in [0.4, 0.5) is 0 Å². The summed E-state index contributed by atoms with van der Waals surface area (Å²) in [6.45, 7) is 2.74. The predicted molar refractivity (Wildman–Crippen MR) is 57.6 cm³/mol. The van der Waals surface area contributed by atoms with Gasteiger partial charge in [-0.2, -0.15) is 0 Å². The highest BCUT2D eigenvalue weighted by molar-refractivity contribution is 9.10. The number of nitrogens with one attached hydrogen (secondary N) is 2. The van der Waals surface area contributed by atoms with E-state index in [1.165, 1.54) is 0 Å². The van der Waals surface area contributed by atoms with E-state index >= 15 is 0 Å². The Bertz CT molecular complexity index is 252. The molecule has 1 aromatic rings. The van der Waals surface area contributed by atoms with Crippen molar-refractivity contribution in [3.05, 3.63) is 28.5 Å².